The summed E-state index contributed by atoms with van der Waals surface area (Å²) in [6.45, 7) is 4.65. The third-order valence-corrected chi connectivity index (χ3v) is 7.27. The minimum Gasteiger partial charge on any atom is -0.360 e. The van der Waals surface area contributed by atoms with E-state index in [9.17, 15) is 9.18 Å². The first-order valence-corrected chi connectivity index (χ1v) is 12.5. The van der Waals surface area contributed by atoms with E-state index >= 15 is 0 Å². The molecule has 1 N–H and O–H groups in total. The lowest BCUT2D eigenvalue weighted by Crippen LogP contribution is -2.50. The third kappa shape index (κ3) is 5.06. The molecular weight excluding hydrogens is 431 g/mol. The number of aromatic nitrogens is 3. The van der Waals surface area contributed by atoms with Crippen LogP contribution in [0.15, 0.2) is 42.9 Å². The molecule has 180 valence electrons. The number of fused-ring (bicyclic) bond motifs is 1. The molecule has 1 aromatic carbocycles. The van der Waals surface area contributed by atoms with Crippen LogP contribution in [-0.2, 0) is 4.79 Å². The molecule has 2 aliphatic rings. The Hall–Kier alpha value is -3.00. The van der Waals surface area contributed by atoms with Crippen molar-refractivity contribution in [1.29, 1.82) is 0 Å². The Kier molecular flexibility index (Phi) is 7.04. The number of hydrogen-bond donors (Lipinski definition) is 1. The maximum atomic E-state index is 14.5. The maximum Gasteiger partial charge on any atom is 0.242 e. The lowest BCUT2D eigenvalue weighted by Gasteiger charge is -2.35. The van der Waals surface area contributed by atoms with Crippen LogP contribution in [0.3, 0.4) is 0 Å². The van der Waals surface area contributed by atoms with E-state index in [0.717, 1.165) is 38.6 Å². The molecule has 0 spiro atoms. The summed E-state index contributed by atoms with van der Waals surface area (Å²) >= 11 is 0. The highest BCUT2D eigenvalue weighted by Gasteiger charge is 2.23. The summed E-state index contributed by atoms with van der Waals surface area (Å²) < 4.78 is 16.3. The van der Waals surface area contributed by atoms with Gasteiger partial charge in [0.1, 0.15) is 17.3 Å². The number of benzene rings is 1. The molecule has 0 unspecified atom stereocenters. The molecular formula is C26H33FN6O. The number of amides is 1. The average Bonchev–Trinajstić information content (AvgIpc) is 3.25. The Morgan fingerprint density at radius 3 is 2.68 bits per heavy atom. The van der Waals surface area contributed by atoms with Gasteiger partial charge in [0.15, 0.2) is 5.65 Å². The molecule has 0 bridgehead atoms. The van der Waals surface area contributed by atoms with Gasteiger partial charge in [0.05, 0.1) is 12.7 Å². The van der Waals surface area contributed by atoms with Crippen molar-refractivity contribution in [3.63, 3.8) is 0 Å². The number of halogens is 1. The molecule has 3 heterocycles. The van der Waals surface area contributed by atoms with Crippen molar-refractivity contribution in [1.82, 2.24) is 24.2 Å². The van der Waals surface area contributed by atoms with Gasteiger partial charge in [0, 0.05) is 44.1 Å². The van der Waals surface area contributed by atoms with Gasteiger partial charge in [-0.1, -0.05) is 44.2 Å². The molecule has 0 radical (unpaired) electrons. The largest absolute Gasteiger partial charge is 0.360 e. The molecule has 2 fully saturated rings. The summed E-state index contributed by atoms with van der Waals surface area (Å²) in [7, 11) is 0. The van der Waals surface area contributed by atoms with E-state index in [-0.39, 0.29) is 18.3 Å². The van der Waals surface area contributed by atoms with Gasteiger partial charge < -0.3 is 10.2 Å². The third-order valence-electron chi connectivity index (χ3n) is 7.27. The van der Waals surface area contributed by atoms with Gasteiger partial charge in [-0.05, 0) is 31.0 Å². The molecule has 8 heteroatoms. The molecule has 3 aromatic rings. The van der Waals surface area contributed by atoms with Crippen LogP contribution in [0.1, 0.15) is 38.5 Å². The highest BCUT2D eigenvalue weighted by Crippen LogP contribution is 2.30. The predicted molar refractivity (Wildman–Crippen MR) is 131 cm³/mol. The van der Waals surface area contributed by atoms with Gasteiger partial charge in [-0.15, -0.1) is 0 Å². The minimum atomic E-state index is -0.349. The van der Waals surface area contributed by atoms with E-state index < -0.39 is 0 Å². The number of anilines is 1. The molecule has 1 saturated heterocycles. The van der Waals surface area contributed by atoms with Crippen molar-refractivity contribution in [3.05, 3.63) is 48.7 Å². The van der Waals surface area contributed by atoms with Gasteiger partial charge >= 0.3 is 0 Å². The molecule has 1 amide bonds. The van der Waals surface area contributed by atoms with Crippen LogP contribution in [0.4, 0.5) is 10.2 Å². The zero-order chi connectivity index (χ0) is 23.3. The zero-order valence-corrected chi connectivity index (χ0v) is 19.6. The lowest BCUT2D eigenvalue weighted by atomic mass is 9.87. The second kappa shape index (κ2) is 10.5. The van der Waals surface area contributed by atoms with Crippen LogP contribution >= 0.6 is 0 Å². The summed E-state index contributed by atoms with van der Waals surface area (Å²) in [6.07, 6.45) is 13.3. The van der Waals surface area contributed by atoms with Crippen LogP contribution < -0.4 is 5.32 Å². The van der Waals surface area contributed by atoms with Crippen LogP contribution in [0, 0.1) is 11.7 Å². The number of imidazole rings is 1. The maximum absolute atomic E-state index is 14.5. The summed E-state index contributed by atoms with van der Waals surface area (Å²) in [5, 5.41) is 3.24. The van der Waals surface area contributed by atoms with Gasteiger partial charge in [0.2, 0.25) is 5.91 Å². The Bertz CT molecular complexity index is 1120. The Morgan fingerprint density at radius 2 is 1.88 bits per heavy atom. The van der Waals surface area contributed by atoms with Crippen LogP contribution in [-0.4, -0.2) is 69.3 Å². The molecule has 2 aromatic heterocycles. The minimum absolute atomic E-state index is 0.0513. The fraction of sp³-hybridized carbons (Fsp3) is 0.500. The molecule has 5 rings (SSSR count). The van der Waals surface area contributed by atoms with Crippen molar-refractivity contribution >= 4 is 17.4 Å². The van der Waals surface area contributed by atoms with Crippen molar-refractivity contribution < 1.29 is 9.18 Å². The number of rotatable bonds is 7. The number of carbonyl (C=O) groups excluding carboxylic acids is 1. The van der Waals surface area contributed by atoms with Crippen LogP contribution in [0.2, 0.25) is 0 Å². The fourth-order valence-electron chi connectivity index (χ4n) is 5.25. The van der Waals surface area contributed by atoms with E-state index in [1.165, 1.54) is 44.6 Å². The molecule has 0 atom stereocenters. The monoisotopic (exact) mass is 464 g/mol. The highest BCUT2D eigenvalue weighted by molar-refractivity contribution is 5.84. The predicted octanol–water partition coefficient (Wildman–Crippen LogP) is 4.06. The van der Waals surface area contributed by atoms with Crippen molar-refractivity contribution in [2.75, 3.05) is 44.6 Å². The second-order valence-corrected chi connectivity index (χ2v) is 9.46. The summed E-state index contributed by atoms with van der Waals surface area (Å²) in [5.41, 5.74) is 1.47. The molecule has 1 saturated carbocycles. The normalized spacial score (nSPS) is 17.9. The first-order chi connectivity index (χ1) is 16.7. The van der Waals surface area contributed by atoms with Crippen molar-refractivity contribution in [3.8, 4) is 11.3 Å². The second-order valence-electron chi connectivity index (χ2n) is 9.46. The molecule has 7 nitrogen and oxygen atoms in total. The Labute approximate surface area is 200 Å². The van der Waals surface area contributed by atoms with E-state index in [1.54, 1.807) is 36.8 Å². The lowest BCUT2D eigenvalue weighted by molar-refractivity contribution is -0.131. The molecule has 34 heavy (non-hydrogen) atoms. The topological polar surface area (TPSA) is 65.8 Å². The van der Waals surface area contributed by atoms with E-state index in [0.29, 0.717) is 22.7 Å². The summed E-state index contributed by atoms with van der Waals surface area (Å²) in [5.74, 6) is 1.19. The smallest absolute Gasteiger partial charge is 0.242 e. The molecule has 1 aliphatic carbocycles. The van der Waals surface area contributed by atoms with E-state index in [4.69, 9.17) is 0 Å². The first-order valence-electron chi connectivity index (χ1n) is 12.5. The summed E-state index contributed by atoms with van der Waals surface area (Å²) in [4.78, 5) is 26.1. The fourth-order valence-corrected chi connectivity index (χ4v) is 5.25. The standard InChI is InChI=1S/C26H33FN6O/c27-22-9-5-4-8-21(22)25-26(33-13-11-28-18-23(33)30-25)29-19-24(34)32-16-14-31(15-17-32)12-10-20-6-2-1-3-7-20/h4-5,8-9,11,13,18,20,29H,1-3,6-7,10,12,14-17,19H2. The number of carbonyl (C=O) groups is 1. The number of nitrogens with one attached hydrogen (secondary N) is 1. The van der Waals surface area contributed by atoms with Crippen LogP contribution in [0.25, 0.3) is 16.9 Å². The summed E-state index contributed by atoms with van der Waals surface area (Å²) in [6, 6.07) is 6.55. The number of hydrogen-bond acceptors (Lipinski definition) is 5. The van der Waals surface area contributed by atoms with Crippen LogP contribution in [0.5, 0.6) is 0 Å². The van der Waals surface area contributed by atoms with E-state index in [1.807, 2.05) is 9.30 Å². The Balaban J connectivity index is 1.19. The van der Waals surface area contributed by atoms with Gasteiger partial charge in [0.25, 0.3) is 0 Å². The quantitative estimate of drug-likeness (QED) is 0.571. The average molecular weight is 465 g/mol. The van der Waals surface area contributed by atoms with Gasteiger partial charge in [-0.2, -0.15) is 0 Å². The highest BCUT2D eigenvalue weighted by atomic mass is 19.1. The van der Waals surface area contributed by atoms with Crippen molar-refractivity contribution in [2.45, 2.75) is 38.5 Å². The van der Waals surface area contributed by atoms with E-state index in [2.05, 4.69) is 20.2 Å². The number of piperazine rings is 1. The SMILES string of the molecule is O=C(CNc1c(-c2ccccc2F)nc2cnccn12)N1CCN(CCC2CCCCC2)CC1. The first kappa shape index (κ1) is 22.8. The molecule has 1 aliphatic heterocycles. The zero-order valence-electron chi connectivity index (χ0n) is 19.6. The van der Waals surface area contributed by atoms with Gasteiger partial charge in [-0.3, -0.25) is 19.1 Å². The van der Waals surface area contributed by atoms with Gasteiger partial charge in [-0.25, -0.2) is 9.37 Å². The number of nitrogens with zero attached hydrogens (tertiary/aromatic N) is 5. The Morgan fingerprint density at radius 1 is 1.09 bits per heavy atom. The van der Waals surface area contributed by atoms with Crippen molar-refractivity contribution in [2.24, 2.45) is 5.92 Å².